The highest BCUT2D eigenvalue weighted by Gasteiger charge is 2.39. The molecule has 0 fully saturated rings. The van der Waals surface area contributed by atoms with Crippen molar-refractivity contribution in [2.75, 3.05) is 13.7 Å². The number of carbonyl (C=O) groups is 2. The number of ether oxygens (including phenoxy) is 4. The molecule has 6 rings (SSSR count). The van der Waals surface area contributed by atoms with E-state index in [2.05, 4.69) is 0 Å². The number of carbonyl (C=O) groups excluding carboxylic acids is 2. The first-order valence-corrected chi connectivity index (χ1v) is 11.1. The Hall–Kier alpha value is -4.52. The van der Waals surface area contributed by atoms with Crippen molar-refractivity contribution < 1.29 is 33.6 Å². The molecule has 0 radical (unpaired) electrons. The molecule has 7 heteroatoms. The number of rotatable bonds is 3. The Kier molecular flexibility index (Phi) is 4.84. The van der Waals surface area contributed by atoms with Crippen LogP contribution < -0.4 is 18.9 Å². The highest BCUT2D eigenvalue weighted by atomic mass is 16.5. The van der Waals surface area contributed by atoms with E-state index in [0.717, 1.165) is 16.9 Å². The molecular weight excluding hydrogens is 448 g/mol. The van der Waals surface area contributed by atoms with Gasteiger partial charge in [0.05, 0.1) is 19.1 Å². The molecule has 0 bridgehead atoms. The van der Waals surface area contributed by atoms with E-state index in [1.165, 1.54) is 13.2 Å². The van der Waals surface area contributed by atoms with Crippen LogP contribution >= 0.6 is 0 Å². The number of phenolic OH excluding ortho intramolecular Hbond substituents is 1. The molecule has 0 amide bonds. The summed E-state index contributed by atoms with van der Waals surface area (Å²) in [5, 5.41) is 10.1. The van der Waals surface area contributed by atoms with Gasteiger partial charge >= 0.3 is 5.97 Å². The van der Waals surface area contributed by atoms with Crippen LogP contribution in [0.5, 0.6) is 28.7 Å². The fourth-order valence-corrected chi connectivity index (χ4v) is 4.71. The lowest BCUT2D eigenvalue weighted by molar-refractivity contribution is -0.135. The van der Waals surface area contributed by atoms with Gasteiger partial charge in [-0.25, -0.2) is 0 Å². The second kappa shape index (κ2) is 8.06. The third kappa shape index (κ3) is 3.52. The topological polar surface area (TPSA) is 91.3 Å². The Morgan fingerprint density at radius 3 is 2.71 bits per heavy atom. The molecule has 0 saturated carbocycles. The first-order chi connectivity index (χ1) is 17.0. The number of ketones is 1. The third-order valence-electron chi connectivity index (χ3n) is 6.38. The van der Waals surface area contributed by atoms with Gasteiger partial charge in [-0.05, 0) is 53.6 Å². The number of Topliss-reactive ketones (excluding diaryl/α,β-unsaturated/α-hetero) is 1. The van der Waals surface area contributed by atoms with Crippen LogP contribution in [0.4, 0.5) is 0 Å². The van der Waals surface area contributed by atoms with Gasteiger partial charge in [0.1, 0.15) is 23.9 Å². The van der Waals surface area contributed by atoms with E-state index in [4.69, 9.17) is 18.9 Å². The summed E-state index contributed by atoms with van der Waals surface area (Å²) in [4.78, 5) is 25.6. The molecular formula is C28H20O7. The average molecular weight is 468 g/mol. The van der Waals surface area contributed by atoms with E-state index in [-0.39, 0.29) is 35.6 Å². The van der Waals surface area contributed by atoms with E-state index < -0.39 is 0 Å². The zero-order valence-corrected chi connectivity index (χ0v) is 18.7. The maximum absolute atomic E-state index is 13.2. The number of aromatic hydroxyl groups is 1. The van der Waals surface area contributed by atoms with Crippen molar-refractivity contribution >= 4 is 23.9 Å². The smallest absolute Gasteiger partial charge is 0.312 e. The molecule has 3 aromatic carbocycles. The lowest BCUT2D eigenvalue weighted by atomic mass is 9.83. The molecule has 35 heavy (non-hydrogen) atoms. The number of fused-ring (bicyclic) bond motifs is 4. The summed E-state index contributed by atoms with van der Waals surface area (Å²) in [5.74, 6) is 0.960. The van der Waals surface area contributed by atoms with Crippen molar-refractivity contribution in [1.82, 2.24) is 0 Å². The minimum absolute atomic E-state index is 0.0429. The van der Waals surface area contributed by atoms with Crippen LogP contribution in [0.2, 0.25) is 0 Å². The van der Waals surface area contributed by atoms with Crippen molar-refractivity contribution in [1.29, 1.82) is 0 Å². The fourth-order valence-electron chi connectivity index (χ4n) is 4.71. The molecule has 3 aliphatic rings. The van der Waals surface area contributed by atoms with Crippen molar-refractivity contribution in [2.24, 2.45) is 0 Å². The second-order valence-corrected chi connectivity index (χ2v) is 8.50. The number of para-hydroxylation sites is 1. The van der Waals surface area contributed by atoms with E-state index in [1.807, 2.05) is 30.3 Å². The molecule has 1 N–H and O–H groups in total. The fraction of sp³-hybridized carbons (Fsp3) is 0.143. The van der Waals surface area contributed by atoms with E-state index >= 15 is 0 Å². The molecule has 3 heterocycles. The zero-order chi connectivity index (χ0) is 24.1. The highest BCUT2D eigenvalue weighted by molar-refractivity contribution is 6.15. The van der Waals surface area contributed by atoms with Crippen LogP contribution in [0.1, 0.15) is 39.4 Å². The lowest BCUT2D eigenvalue weighted by Crippen LogP contribution is -2.24. The number of esters is 1. The Bertz CT molecular complexity index is 1460. The Labute approximate surface area is 200 Å². The molecule has 0 spiro atoms. The highest BCUT2D eigenvalue weighted by Crippen LogP contribution is 2.50. The number of phenols is 1. The van der Waals surface area contributed by atoms with Crippen molar-refractivity contribution in [3.05, 3.63) is 88.2 Å². The summed E-state index contributed by atoms with van der Waals surface area (Å²) in [6, 6.07) is 15.8. The number of methoxy groups -OCH3 is 1. The minimum atomic E-state index is -0.355. The Morgan fingerprint density at radius 2 is 1.89 bits per heavy atom. The van der Waals surface area contributed by atoms with Gasteiger partial charge in [0.2, 0.25) is 5.78 Å². The molecule has 0 aliphatic carbocycles. The Balaban J connectivity index is 1.42. The van der Waals surface area contributed by atoms with E-state index in [9.17, 15) is 14.7 Å². The van der Waals surface area contributed by atoms with Crippen LogP contribution in [0, 0.1) is 0 Å². The van der Waals surface area contributed by atoms with Gasteiger partial charge < -0.3 is 24.1 Å². The Morgan fingerprint density at radius 1 is 1.03 bits per heavy atom. The number of benzene rings is 3. The molecule has 0 aromatic heterocycles. The van der Waals surface area contributed by atoms with Crippen molar-refractivity contribution in [3.8, 4) is 28.7 Å². The predicted octanol–water partition coefficient (Wildman–Crippen LogP) is 4.89. The summed E-state index contributed by atoms with van der Waals surface area (Å²) in [7, 11) is 1.46. The average Bonchev–Trinajstić information content (AvgIpc) is 3.18. The van der Waals surface area contributed by atoms with Gasteiger partial charge in [-0.1, -0.05) is 24.3 Å². The first-order valence-electron chi connectivity index (χ1n) is 11.1. The number of allylic oxidation sites excluding steroid dienone is 1. The first kappa shape index (κ1) is 21.0. The van der Waals surface area contributed by atoms with Gasteiger partial charge in [-0.2, -0.15) is 0 Å². The van der Waals surface area contributed by atoms with Crippen LogP contribution in [-0.4, -0.2) is 30.6 Å². The largest absolute Gasteiger partial charge is 0.504 e. The molecule has 3 aromatic rings. The summed E-state index contributed by atoms with van der Waals surface area (Å²) in [5.41, 5.74) is 3.47. The van der Waals surface area contributed by atoms with Gasteiger partial charge in [0.15, 0.2) is 17.3 Å². The SMILES string of the molecule is COc1ccc(/C=C2\Oc3c(ccc4c3[C@H](C3=Cc5ccccc5OC3)CC(=O)O4)C2=O)cc1O. The maximum atomic E-state index is 13.2. The van der Waals surface area contributed by atoms with Crippen molar-refractivity contribution in [3.63, 3.8) is 0 Å². The standard InChI is InChI=1S/C28H20O7/c1-32-22-8-6-15(10-20(22)29)11-24-27(31)18-7-9-23-26(28(18)35-24)19(13-25(30)34-23)17-12-16-4-2-3-5-21(16)33-14-17/h2-12,19,29H,13-14H2,1H3/b24-11-/t19-/m0/s1. The molecule has 174 valence electrons. The van der Waals surface area contributed by atoms with Gasteiger partial charge in [-0.15, -0.1) is 0 Å². The van der Waals surface area contributed by atoms with Gasteiger partial charge in [-0.3, -0.25) is 9.59 Å². The van der Waals surface area contributed by atoms with Crippen LogP contribution in [-0.2, 0) is 4.79 Å². The van der Waals surface area contributed by atoms with Crippen LogP contribution in [0.15, 0.2) is 65.9 Å². The summed E-state index contributed by atoms with van der Waals surface area (Å²) >= 11 is 0. The van der Waals surface area contributed by atoms with E-state index in [0.29, 0.717) is 40.5 Å². The summed E-state index contributed by atoms with van der Waals surface area (Å²) in [6.45, 7) is 0.319. The van der Waals surface area contributed by atoms with Crippen LogP contribution in [0.25, 0.3) is 12.2 Å². The number of hydrogen-bond donors (Lipinski definition) is 1. The third-order valence-corrected chi connectivity index (χ3v) is 6.38. The predicted molar refractivity (Wildman–Crippen MR) is 127 cm³/mol. The minimum Gasteiger partial charge on any atom is -0.504 e. The number of hydrogen-bond acceptors (Lipinski definition) is 7. The van der Waals surface area contributed by atoms with Crippen LogP contribution in [0.3, 0.4) is 0 Å². The molecule has 7 nitrogen and oxygen atoms in total. The molecule has 3 aliphatic heterocycles. The van der Waals surface area contributed by atoms with E-state index in [1.54, 1.807) is 30.3 Å². The molecule has 0 unspecified atom stereocenters. The second-order valence-electron chi connectivity index (χ2n) is 8.50. The summed E-state index contributed by atoms with van der Waals surface area (Å²) < 4.78 is 22.6. The van der Waals surface area contributed by atoms with Gasteiger partial charge in [0.25, 0.3) is 0 Å². The van der Waals surface area contributed by atoms with Gasteiger partial charge in [0, 0.05) is 17.0 Å². The lowest BCUT2D eigenvalue weighted by Gasteiger charge is -2.29. The maximum Gasteiger partial charge on any atom is 0.312 e. The van der Waals surface area contributed by atoms with Crippen molar-refractivity contribution in [2.45, 2.75) is 12.3 Å². The normalized spacial score (nSPS) is 19.1. The summed E-state index contributed by atoms with van der Waals surface area (Å²) in [6.07, 6.45) is 3.71. The quantitative estimate of drug-likeness (QED) is 0.333. The molecule has 1 atom stereocenters. The zero-order valence-electron chi connectivity index (χ0n) is 18.7. The molecule has 0 saturated heterocycles. The monoisotopic (exact) mass is 468 g/mol.